The summed E-state index contributed by atoms with van der Waals surface area (Å²) in [5, 5.41) is 7.22. The number of halogens is 1. The van der Waals surface area contributed by atoms with Crippen molar-refractivity contribution in [2.75, 3.05) is 0 Å². The zero-order valence-electron chi connectivity index (χ0n) is 15.2. The number of benzene rings is 2. The molecule has 0 aliphatic carbocycles. The summed E-state index contributed by atoms with van der Waals surface area (Å²) in [6, 6.07) is 16.1. The molecule has 2 aromatic heterocycles. The lowest BCUT2D eigenvalue weighted by Gasteiger charge is -2.09. The van der Waals surface area contributed by atoms with Crippen LogP contribution in [0.4, 0.5) is 4.39 Å². The van der Waals surface area contributed by atoms with Crippen LogP contribution in [0.3, 0.4) is 0 Å². The van der Waals surface area contributed by atoms with Crippen molar-refractivity contribution in [3.63, 3.8) is 0 Å². The van der Waals surface area contributed by atoms with Gasteiger partial charge in [-0.1, -0.05) is 24.3 Å². The van der Waals surface area contributed by atoms with Crippen LogP contribution in [0.2, 0.25) is 0 Å². The molecular formula is C21H17FN4O2S. The van der Waals surface area contributed by atoms with E-state index >= 15 is 0 Å². The number of sulfonamides is 1. The van der Waals surface area contributed by atoms with Crippen molar-refractivity contribution in [3.8, 4) is 22.4 Å². The lowest BCUT2D eigenvalue weighted by Crippen LogP contribution is -2.23. The van der Waals surface area contributed by atoms with Crippen LogP contribution in [-0.2, 0) is 16.6 Å². The van der Waals surface area contributed by atoms with Crippen molar-refractivity contribution < 1.29 is 12.8 Å². The van der Waals surface area contributed by atoms with Gasteiger partial charge in [-0.05, 0) is 47.5 Å². The fourth-order valence-electron chi connectivity index (χ4n) is 2.99. The number of nitrogens with one attached hydrogen (secondary N) is 2. The van der Waals surface area contributed by atoms with Crippen molar-refractivity contribution >= 4 is 10.0 Å². The van der Waals surface area contributed by atoms with E-state index in [1.165, 1.54) is 18.2 Å². The molecule has 146 valence electrons. The maximum Gasteiger partial charge on any atom is 0.240 e. The number of nitrogens with zero attached hydrogens (tertiary/aromatic N) is 2. The van der Waals surface area contributed by atoms with Crippen LogP contribution in [-0.4, -0.2) is 23.6 Å². The fourth-order valence-corrected chi connectivity index (χ4v) is 4.03. The Balaban J connectivity index is 1.57. The molecule has 0 aliphatic heterocycles. The Morgan fingerprint density at radius 3 is 2.55 bits per heavy atom. The SMILES string of the molecule is O=S(=O)(NCc1cccc(-c2n[nH]cc2-c2ccncc2)c1)c1cccc(F)c1. The third-order valence-electron chi connectivity index (χ3n) is 4.40. The molecule has 0 fully saturated rings. The van der Waals surface area contributed by atoms with E-state index < -0.39 is 15.8 Å². The smallest absolute Gasteiger partial charge is 0.240 e. The average molecular weight is 408 g/mol. The van der Waals surface area contributed by atoms with E-state index in [2.05, 4.69) is 19.9 Å². The Hall–Kier alpha value is -3.36. The minimum atomic E-state index is -3.82. The van der Waals surface area contributed by atoms with Gasteiger partial charge in [0.15, 0.2) is 0 Å². The van der Waals surface area contributed by atoms with Gasteiger partial charge in [0, 0.05) is 36.3 Å². The molecule has 0 saturated heterocycles. The lowest BCUT2D eigenvalue weighted by atomic mass is 10.0. The first-order chi connectivity index (χ1) is 14.0. The van der Waals surface area contributed by atoms with E-state index in [0.29, 0.717) is 0 Å². The van der Waals surface area contributed by atoms with Gasteiger partial charge in [0.05, 0.1) is 10.6 Å². The second-order valence-electron chi connectivity index (χ2n) is 6.37. The van der Waals surface area contributed by atoms with E-state index in [9.17, 15) is 12.8 Å². The molecule has 6 nitrogen and oxygen atoms in total. The van der Waals surface area contributed by atoms with E-state index in [1.54, 1.807) is 12.4 Å². The topological polar surface area (TPSA) is 87.7 Å². The Morgan fingerprint density at radius 2 is 1.76 bits per heavy atom. The van der Waals surface area contributed by atoms with Gasteiger partial charge in [-0.25, -0.2) is 17.5 Å². The van der Waals surface area contributed by atoms with Gasteiger partial charge < -0.3 is 0 Å². The summed E-state index contributed by atoms with van der Waals surface area (Å²) in [6.07, 6.45) is 5.23. The van der Waals surface area contributed by atoms with Crippen LogP contribution in [0.15, 0.2) is 84.1 Å². The Bertz CT molecular complexity index is 1240. The summed E-state index contributed by atoms with van der Waals surface area (Å²) in [4.78, 5) is 3.92. The summed E-state index contributed by atoms with van der Waals surface area (Å²) in [6.45, 7) is 0.0711. The molecule has 0 aliphatic rings. The van der Waals surface area contributed by atoms with Gasteiger partial charge in [0.2, 0.25) is 10.0 Å². The van der Waals surface area contributed by atoms with Crippen LogP contribution in [0, 0.1) is 5.82 Å². The molecule has 0 saturated carbocycles. The van der Waals surface area contributed by atoms with E-state index in [0.717, 1.165) is 34.0 Å². The first kappa shape index (κ1) is 19.0. The van der Waals surface area contributed by atoms with Crippen LogP contribution in [0.25, 0.3) is 22.4 Å². The highest BCUT2D eigenvalue weighted by atomic mass is 32.2. The quantitative estimate of drug-likeness (QED) is 0.509. The average Bonchev–Trinajstić information content (AvgIpc) is 3.23. The first-order valence-electron chi connectivity index (χ1n) is 8.82. The molecule has 2 heterocycles. The molecule has 2 N–H and O–H groups in total. The summed E-state index contributed by atoms with van der Waals surface area (Å²) in [5.74, 6) is -0.600. The number of hydrogen-bond donors (Lipinski definition) is 2. The van der Waals surface area contributed by atoms with Crippen molar-refractivity contribution in [2.45, 2.75) is 11.4 Å². The highest BCUT2D eigenvalue weighted by Gasteiger charge is 2.15. The molecule has 0 atom stereocenters. The minimum absolute atomic E-state index is 0.0711. The second-order valence-corrected chi connectivity index (χ2v) is 8.13. The minimum Gasteiger partial charge on any atom is -0.284 e. The van der Waals surface area contributed by atoms with E-state index in [1.807, 2.05) is 42.6 Å². The Morgan fingerprint density at radius 1 is 0.966 bits per heavy atom. The molecule has 29 heavy (non-hydrogen) atoms. The standard InChI is InChI=1S/C21H17FN4O2S/c22-18-5-2-6-19(12-18)29(27,28)25-13-15-3-1-4-17(11-15)21-20(14-24-26-21)16-7-9-23-10-8-16/h1-12,14,25H,13H2,(H,24,26). The van der Waals surface area contributed by atoms with Crippen molar-refractivity contribution in [3.05, 3.63) is 90.6 Å². The summed E-state index contributed by atoms with van der Waals surface area (Å²) >= 11 is 0. The zero-order valence-corrected chi connectivity index (χ0v) is 16.0. The molecule has 2 aromatic carbocycles. The lowest BCUT2D eigenvalue weighted by molar-refractivity contribution is 0.577. The van der Waals surface area contributed by atoms with E-state index in [4.69, 9.17) is 0 Å². The van der Waals surface area contributed by atoms with Crippen molar-refractivity contribution in [1.82, 2.24) is 19.9 Å². The molecule has 8 heteroatoms. The Labute approximate surface area is 167 Å². The largest absolute Gasteiger partial charge is 0.284 e. The van der Waals surface area contributed by atoms with Crippen molar-refractivity contribution in [2.24, 2.45) is 0 Å². The highest BCUT2D eigenvalue weighted by Crippen LogP contribution is 2.30. The summed E-state index contributed by atoms with van der Waals surface area (Å²) < 4.78 is 40.7. The third-order valence-corrected chi connectivity index (χ3v) is 5.80. The van der Waals surface area contributed by atoms with Crippen molar-refractivity contribution in [1.29, 1.82) is 0 Å². The predicted molar refractivity (Wildman–Crippen MR) is 108 cm³/mol. The number of rotatable bonds is 6. The number of H-pyrrole nitrogens is 1. The molecule has 0 radical (unpaired) electrons. The number of aromatic nitrogens is 3. The van der Waals surface area contributed by atoms with Crippen LogP contribution < -0.4 is 4.72 Å². The number of pyridine rings is 1. The summed E-state index contributed by atoms with van der Waals surface area (Å²) in [7, 11) is -3.82. The van der Waals surface area contributed by atoms with Gasteiger partial charge in [0.25, 0.3) is 0 Å². The second kappa shape index (κ2) is 7.94. The zero-order chi connectivity index (χ0) is 20.3. The fraction of sp³-hybridized carbons (Fsp3) is 0.0476. The molecule has 0 spiro atoms. The van der Waals surface area contributed by atoms with Gasteiger partial charge in [0.1, 0.15) is 5.82 Å². The van der Waals surface area contributed by atoms with E-state index in [-0.39, 0.29) is 11.4 Å². The highest BCUT2D eigenvalue weighted by molar-refractivity contribution is 7.89. The molecule has 0 amide bonds. The summed E-state index contributed by atoms with van der Waals surface area (Å²) in [5.41, 5.74) is 4.25. The van der Waals surface area contributed by atoms with Gasteiger partial charge in [-0.2, -0.15) is 5.10 Å². The number of aromatic amines is 1. The molecular weight excluding hydrogens is 391 g/mol. The van der Waals surface area contributed by atoms with Crippen LogP contribution in [0.5, 0.6) is 0 Å². The van der Waals surface area contributed by atoms with Crippen LogP contribution in [0.1, 0.15) is 5.56 Å². The molecule has 0 bridgehead atoms. The molecule has 0 unspecified atom stereocenters. The first-order valence-corrected chi connectivity index (χ1v) is 10.3. The number of hydrogen-bond acceptors (Lipinski definition) is 4. The predicted octanol–water partition coefficient (Wildman–Crippen LogP) is 3.76. The third kappa shape index (κ3) is 4.23. The normalized spacial score (nSPS) is 11.5. The van der Waals surface area contributed by atoms with Crippen LogP contribution >= 0.6 is 0 Å². The molecule has 4 rings (SSSR count). The maximum absolute atomic E-state index is 13.3. The van der Waals surface area contributed by atoms with Gasteiger partial charge >= 0.3 is 0 Å². The monoisotopic (exact) mass is 408 g/mol. The molecule has 4 aromatic rings. The van der Waals surface area contributed by atoms with Gasteiger partial charge in [-0.3, -0.25) is 10.1 Å². The Kier molecular flexibility index (Phi) is 5.20. The van der Waals surface area contributed by atoms with Gasteiger partial charge in [-0.15, -0.1) is 0 Å². The maximum atomic E-state index is 13.3.